The first-order chi connectivity index (χ1) is 17.9. The third-order valence-electron chi connectivity index (χ3n) is 3.99. The minimum absolute atomic E-state index is 0. The molecule has 12 nitrogen and oxygen atoms in total. The van der Waals surface area contributed by atoms with Gasteiger partial charge >= 0.3 is 19.5 Å². The molecule has 0 aliphatic rings. The van der Waals surface area contributed by atoms with E-state index in [-0.39, 0.29) is 44.3 Å². The Kier molecular flexibility index (Phi) is 15.8. The molecule has 0 saturated carbocycles. The summed E-state index contributed by atoms with van der Waals surface area (Å²) in [6, 6.07) is 10.5. The summed E-state index contributed by atoms with van der Waals surface area (Å²) in [5.74, 6) is 3.32. The van der Waals surface area contributed by atoms with Crippen LogP contribution >= 0.6 is 0 Å². The number of nitrogens with zero attached hydrogens (tertiary/aromatic N) is 12. The van der Waals surface area contributed by atoms with Gasteiger partial charge in [-0.3, -0.25) is 0 Å². The van der Waals surface area contributed by atoms with Gasteiger partial charge in [-0.15, -0.1) is 0 Å². The predicted octanol–water partition coefficient (Wildman–Crippen LogP) is -3.19. The molecule has 0 aliphatic carbocycles. The van der Waals surface area contributed by atoms with Crippen molar-refractivity contribution in [2.45, 2.75) is 0 Å². The molecule has 6 heterocycles. The molecule has 0 N–H and O–H groups in total. The van der Waals surface area contributed by atoms with Crippen molar-refractivity contribution in [1.82, 2.24) is 59.8 Å². The van der Waals surface area contributed by atoms with Gasteiger partial charge in [0.15, 0.2) is 34.9 Å². The van der Waals surface area contributed by atoms with Gasteiger partial charge < -0.3 is 24.8 Å². The van der Waals surface area contributed by atoms with Gasteiger partial charge in [-0.2, -0.15) is 0 Å². The number of hydrogen-bond acceptors (Lipinski definition) is 12. The average Bonchev–Trinajstić information content (AvgIpc) is 3.01. The maximum atomic E-state index is 4.01. The van der Waals surface area contributed by atoms with Crippen LogP contribution in [0.5, 0.6) is 0 Å². The first-order valence-corrected chi connectivity index (χ1v) is 10.5. The quantitative estimate of drug-likeness (QED) is 0.178. The van der Waals surface area contributed by atoms with Crippen molar-refractivity contribution in [1.29, 1.82) is 0 Å². The molecule has 0 atom stereocenters. The predicted molar refractivity (Wildman–Crippen MR) is 129 cm³/mol. The molecule has 0 amide bonds. The van der Waals surface area contributed by atoms with E-state index in [0.29, 0.717) is 34.9 Å². The number of halogens is 2. The van der Waals surface area contributed by atoms with Crippen molar-refractivity contribution in [3.63, 3.8) is 0 Å². The van der Waals surface area contributed by atoms with Gasteiger partial charge in [0.25, 0.3) is 0 Å². The third kappa shape index (κ3) is 10.9. The largest absolute Gasteiger partial charge is 2.00 e. The van der Waals surface area contributed by atoms with Gasteiger partial charge in [-0.05, 0) is 36.4 Å². The van der Waals surface area contributed by atoms with E-state index in [1.54, 1.807) is 111 Å². The minimum atomic E-state index is 0. The summed E-state index contributed by atoms with van der Waals surface area (Å²) < 4.78 is 0. The van der Waals surface area contributed by atoms with Crippen LogP contribution in [0.3, 0.4) is 0 Å². The van der Waals surface area contributed by atoms with Gasteiger partial charge in [0.05, 0.1) is 0 Å². The monoisotopic (exact) mass is 646 g/mol. The average molecular weight is 646 g/mol. The van der Waals surface area contributed by atoms with Crippen LogP contribution in [0.2, 0.25) is 0 Å². The molecule has 0 aromatic carbocycles. The third-order valence-corrected chi connectivity index (χ3v) is 3.99. The van der Waals surface area contributed by atoms with Crippen molar-refractivity contribution < 1.29 is 44.3 Å². The van der Waals surface area contributed by atoms with Gasteiger partial charge in [-0.25, -0.2) is 59.8 Å². The molecule has 6 aromatic heterocycles. The van der Waals surface area contributed by atoms with Gasteiger partial charge in [0, 0.05) is 74.4 Å². The van der Waals surface area contributed by atoms with Gasteiger partial charge in [-0.1, -0.05) is 0 Å². The van der Waals surface area contributed by atoms with Crippen molar-refractivity contribution in [2.75, 3.05) is 0 Å². The molecule has 39 heavy (non-hydrogen) atoms. The fourth-order valence-electron chi connectivity index (χ4n) is 2.49. The Morgan fingerprint density at radius 2 is 0.333 bits per heavy atom. The van der Waals surface area contributed by atoms with Crippen LogP contribution in [0.15, 0.2) is 111 Å². The SMILES string of the molecule is [Cl-].[Cl-].[Ru+2].c1cnc(-c2ncccn2)nc1.c1cnc(-c2ncccn2)nc1.c1cnc(-c2ncccn2)nc1. The maximum Gasteiger partial charge on any atom is 2.00 e. The Hall–Kier alpha value is -4.32. The maximum absolute atomic E-state index is 4.01. The smallest absolute Gasteiger partial charge is 1.00 e. The number of rotatable bonds is 3. The molecule has 0 bridgehead atoms. The first-order valence-electron chi connectivity index (χ1n) is 10.5. The summed E-state index contributed by atoms with van der Waals surface area (Å²) in [7, 11) is 0. The van der Waals surface area contributed by atoms with Gasteiger partial charge in [0.2, 0.25) is 0 Å². The molecule has 196 valence electrons. The zero-order valence-corrected chi connectivity index (χ0v) is 23.1. The first kappa shape index (κ1) is 32.7. The second-order valence-electron chi connectivity index (χ2n) is 6.43. The van der Waals surface area contributed by atoms with Crippen LogP contribution in [0.4, 0.5) is 0 Å². The van der Waals surface area contributed by atoms with Crippen LogP contribution in [0.25, 0.3) is 34.9 Å². The molecule has 0 unspecified atom stereocenters. The van der Waals surface area contributed by atoms with Gasteiger partial charge in [0.1, 0.15) is 0 Å². The second-order valence-corrected chi connectivity index (χ2v) is 6.43. The summed E-state index contributed by atoms with van der Waals surface area (Å²) >= 11 is 0. The Morgan fingerprint density at radius 3 is 0.436 bits per heavy atom. The standard InChI is InChI=1S/3C8H6N4.2ClH.Ru/c3*1-3-9-7(10-4-1)8-11-5-2-6-12-8;;;/h3*1-6H;2*1H;/q;;;;;+2/p-2. The Labute approximate surface area is 249 Å². The number of aromatic nitrogens is 12. The molecular formula is C24H18Cl2N12Ru. The molecule has 0 saturated heterocycles. The van der Waals surface area contributed by atoms with Crippen molar-refractivity contribution in [3.05, 3.63) is 111 Å². The van der Waals surface area contributed by atoms with Crippen LogP contribution in [0, 0.1) is 0 Å². The Morgan fingerprint density at radius 1 is 0.231 bits per heavy atom. The normalized spacial score (nSPS) is 8.92. The van der Waals surface area contributed by atoms with Crippen molar-refractivity contribution >= 4 is 0 Å². The zero-order valence-electron chi connectivity index (χ0n) is 19.9. The van der Waals surface area contributed by atoms with Crippen LogP contribution in [-0.4, -0.2) is 59.8 Å². The molecule has 6 aromatic rings. The van der Waals surface area contributed by atoms with Crippen LogP contribution in [0.1, 0.15) is 0 Å². The van der Waals surface area contributed by atoms with E-state index in [1.165, 1.54) is 0 Å². The number of hydrogen-bond donors (Lipinski definition) is 0. The molecular weight excluding hydrogens is 628 g/mol. The molecule has 0 spiro atoms. The van der Waals surface area contributed by atoms with Crippen molar-refractivity contribution in [3.8, 4) is 34.9 Å². The molecule has 0 aliphatic heterocycles. The summed E-state index contributed by atoms with van der Waals surface area (Å²) in [5.41, 5.74) is 0. The fourth-order valence-corrected chi connectivity index (χ4v) is 2.49. The van der Waals surface area contributed by atoms with Crippen LogP contribution < -0.4 is 24.8 Å². The van der Waals surface area contributed by atoms with E-state index < -0.39 is 0 Å². The summed E-state index contributed by atoms with van der Waals surface area (Å²) in [5, 5.41) is 0. The summed E-state index contributed by atoms with van der Waals surface area (Å²) in [4.78, 5) is 48.2. The Bertz CT molecular complexity index is 1120. The Balaban J connectivity index is 0.000000282. The summed E-state index contributed by atoms with van der Waals surface area (Å²) in [6.07, 6.45) is 20.0. The minimum Gasteiger partial charge on any atom is -1.00 e. The van der Waals surface area contributed by atoms with Crippen LogP contribution in [-0.2, 0) is 19.5 Å². The van der Waals surface area contributed by atoms with E-state index in [2.05, 4.69) is 59.8 Å². The van der Waals surface area contributed by atoms with Crippen molar-refractivity contribution in [2.24, 2.45) is 0 Å². The molecule has 6 rings (SSSR count). The van der Waals surface area contributed by atoms with E-state index in [9.17, 15) is 0 Å². The summed E-state index contributed by atoms with van der Waals surface area (Å²) in [6.45, 7) is 0. The topological polar surface area (TPSA) is 155 Å². The molecule has 15 heteroatoms. The van der Waals surface area contributed by atoms with E-state index in [0.717, 1.165) is 0 Å². The van der Waals surface area contributed by atoms with E-state index >= 15 is 0 Å². The fraction of sp³-hybridized carbons (Fsp3) is 0. The molecule has 0 fully saturated rings. The van der Waals surface area contributed by atoms with E-state index in [4.69, 9.17) is 0 Å². The molecule has 0 radical (unpaired) electrons. The van der Waals surface area contributed by atoms with E-state index in [1.807, 2.05) is 0 Å². The second kappa shape index (κ2) is 18.9. The zero-order chi connectivity index (χ0) is 24.7.